The molecule has 2 rings (SSSR count). The van der Waals surface area contributed by atoms with Crippen molar-refractivity contribution in [3.05, 3.63) is 0 Å². The van der Waals surface area contributed by atoms with Crippen LogP contribution >= 0.6 is 11.6 Å². The van der Waals surface area contributed by atoms with Crippen molar-refractivity contribution in [3.8, 4) is 0 Å². The number of halogens is 1. The first-order valence-corrected chi connectivity index (χ1v) is 6.64. The van der Waals surface area contributed by atoms with Crippen LogP contribution < -0.4 is 0 Å². The van der Waals surface area contributed by atoms with Crippen LogP contribution in [0, 0.1) is 5.92 Å². The Morgan fingerprint density at radius 3 is 2.57 bits per heavy atom. The first kappa shape index (κ1) is 10.8. The summed E-state index contributed by atoms with van der Waals surface area (Å²) in [7, 11) is 0. The summed E-state index contributed by atoms with van der Waals surface area (Å²) in [6.07, 6.45) is 9.87. The number of hydrogen-bond donors (Lipinski definition) is 0. The molecule has 1 aliphatic heterocycles. The van der Waals surface area contributed by atoms with Crippen molar-refractivity contribution in [1.29, 1.82) is 0 Å². The molecule has 2 aliphatic rings. The van der Waals surface area contributed by atoms with Gasteiger partial charge in [0.15, 0.2) is 0 Å². The summed E-state index contributed by atoms with van der Waals surface area (Å²) in [5.74, 6) is 1.03. The zero-order chi connectivity index (χ0) is 9.80. The van der Waals surface area contributed by atoms with Gasteiger partial charge in [-0.05, 0) is 38.3 Å². The Bertz CT molecular complexity index is 166. The van der Waals surface area contributed by atoms with Gasteiger partial charge in [0.05, 0.1) is 0 Å². The molecule has 1 saturated heterocycles. The normalized spacial score (nSPS) is 31.1. The summed E-state index contributed by atoms with van der Waals surface area (Å²) >= 11 is 6.17. The maximum Gasteiger partial charge on any atom is 0.0463 e. The van der Waals surface area contributed by atoms with Gasteiger partial charge in [0.2, 0.25) is 0 Å². The van der Waals surface area contributed by atoms with Crippen LogP contribution in [0.15, 0.2) is 0 Å². The molecule has 14 heavy (non-hydrogen) atoms. The standard InChI is InChI=1S/C12H22ClN/c13-12-6-3-8-14(10-12)9-7-11-4-1-2-5-11/h11-12H,1-10H2. The van der Waals surface area contributed by atoms with Gasteiger partial charge in [-0.2, -0.15) is 0 Å². The van der Waals surface area contributed by atoms with E-state index in [1.807, 2.05) is 0 Å². The van der Waals surface area contributed by atoms with Crippen molar-refractivity contribution in [2.75, 3.05) is 19.6 Å². The van der Waals surface area contributed by atoms with Crippen LogP contribution in [0.1, 0.15) is 44.9 Å². The van der Waals surface area contributed by atoms with Gasteiger partial charge in [-0.25, -0.2) is 0 Å². The number of hydrogen-bond acceptors (Lipinski definition) is 1. The second-order valence-corrected chi connectivity index (χ2v) is 5.60. The van der Waals surface area contributed by atoms with E-state index in [0.717, 1.165) is 12.5 Å². The first-order chi connectivity index (χ1) is 6.84. The summed E-state index contributed by atoms with van der Waals surface area (Å²) in [6.45, 7) is 3.72. The molecule has 0 N–H and O–H groups in total. The Kier molecular flexibility index (Phi) is 4.12. The highest BCUT2D eigenvalue weighted by molar-refractivity contribution is 6.20. The molecule has 0 aromatic carbocycles. The fourth-order valence-electron chi connectivity index (χ4n) is 2.87. The summed E-state index contributed by atoms with van der Waals surface area (Å²) < 4.78 is 0. The highest BCUT2D eigenvalue weighted by Gasteiger charge is 2.20. The molecule has 82 valence electrons. The average Bonchev–Trinajstić information content (AvgIpc) is 2.67. The molecule has 0 spiro atoms. The van der Waals surface area contributed by atoms with E-state index in [1.165, 1.54) is 58.0 Å². The molecule has 1 saturated carbocycles. The summed E-state index contributed by atoms with van der Waals surface area (Å²) in [4.78, 5) is 2.57. The fourth-order valence-corrected chi connectivity index (χ4v) is 3.22. The predicted octanol–water partition coefficient (Wildman–Crippen LogP) is 3.27. The van der Waals surface area contributed by atoms with E-state index in [9.17, 15) is 0 Å². The number of rotatable bonds is 3. The lowest BCUT2D eigenvalue weighted by Crippen LogP contribution is -2.37. The minimum absolute atomic E-state index is 0.423. The van der Waals surface area contributed by atoms with Crippen molar-refractivity contribution in [2.45, 2.75) is 50.3 Å². The van der Waals surface area contributed by atoms with Gasteiger partial charge < -0.3 is 4.90 Å². The number of likely N-dealkylation sites (tertiary alicyclic amines) is 1. The Labute approximate surface area is 92.8 Å². The van der Waals surface area contributed by atoms with Gasteiger partial charge in [0.25, 0.3) is 0 Å². The van der Waals surface area contributed by atoms with E-state index >= 15 is 0 Å². The lowest BCUT2D eigenvalue weighted by molar-refractivity contribution is 0.216. The third kappa shape index (κ3) is 3.13. The Hall–Kier alpha value is 0.250. The maximum absolute atomic E-state index is 6.17. The fraction of sp³-hybridized carbons (Fsp3) is 1.00. The molecule has 0 aromatic heterocycles. The predicted molar refractivity (Wildman–Crippen MR) is 61.9 cm³/mol. The molecule has 1 unspecified atom stereocenters. The smallest absolute Gasteiger partial charge is 0.0463 e. The van der Waals surface area contributed by atoms with E-state index in [-0.39, 0.29) is 0 Å². The topological polar surface area (TPSA) is 3.24 Å². The van der Waals surface area contributed by atoms with Gasteiger partial charge >= 0.3 is 0 Å². The molecule has 1 nitrogen and oxygen atoms in total. The van der Waals surface area contributed by atoms with Gasteiger partial charge in [-0.1, -0.05) is 25.7 Å². The Morgan fingerprint density at radius 1 is 1.07 bits per heavy atom. The van der Waals surface area contributed by atoms with Crippen molar-refractivity contribution in [1.82, 2.24) is 4.90 Å². The molecular weight excluding hydrogens is 194 g/mol. The molecular formula is C12H22ClN. The lowest BCUT2D eigenvalue weighted by atomic mass is 10.0. The average molecular weight is 216 g/mol. The third-order valence-corrected chi connectivity index (χ3v) is 4.13. The molecule has 0 amide bonds. The Balaban J connectivity index is 1.64. The monoisotopic (exact) mass is 215 g/mol. The second-order valence-electron chi connectivity index (χ2n) is 4.98. The minimum Gasteiger partial charge on any atom is -0.302 e. The zero-order valence-corrected chi connectivity index (χ0v) is 9.81. The van der Waals surface area contributed by atoms with Gasteiger partial charge in [-0.15, -0.1) is 11.6 Å². The summed E-state index contributed by atoms with van der Waals surface area (Å²) in [5, 5.41) is 0.423. The molecule has 1 aliphatic carbocycles. The van der Waals surface area contributed by atoms with Crippen LogP contribution in [0.4, 0.5) is 0 Å². The molecule has 0 bridgehead atoms. The zero-order valence-electron chi connectivity index (χ0n) is 9.05. The molecule has 0 aromatic rings. The van der Waals surface area contributed by atoms with Gasteiger partial charge in [0, 0.05) is 11.9 Å². The van der Waals surface area contributed by atoms with Crippen molar-refractivity contribution < 1.29 is 0 Å². The van der Waals surface area contributed by atoms with E-state index in [0.29, 0.717) is 5.38 Å². The van der Waals surface area contributed by atoms with Crippen LogP contribution in [-0.4, -0.2) is 29.9 Å². The molecule has 0 radical (unpaired) electrons. The van der Waals surface area contributed by atoms with E-state index in [4.69, 9.17) is 11.6 Å². The largest absolute Gasteiger partial charge is 0.302 e. The van der Waals surface area contributed by atoms with Crippen LogP contribution in [0.25, 0.3) is 0 Å². The third-order valence-electron chi connectivity index (χ3n) is 3.78. The van der Waals surface area contributed by atoms with Crippen molar-refractivity contribution in [2.24, 2.45) is 5.92 Å². The minimum atomic E-state index is 0.423. The summed E-state index contributed by atoms with van der Waals surface area (Å²) in [6, 6.07) is 0. The van der Waals surface area contributed by atoms with E-state index in [1.54, 1.807) is 0 Å². The van der Waals surface area contributed by atoms with E-state index in [2.05, 4.69) is 4.90 Å². The van der Waals surface area contributed by atoms with Crippen molar-refractivity contribution in [3.63, 3.8) is 0 Å². The van der Waals surface area contributed by atoms with Gasteiger partial charge in [-0.3, -0.25) is 0 Å². The van der Waals surface area contributed by atoms with Gasteiger partial charge in [0.1, 0.15) is 0 Å². The Morgan fingerprint density at radius 2 is 1.86 bits per heavy atom. The first-order valence-electron chi connectivity index (χ1n) is 6.21. The second kappa shape index (κ2) is 5.37. The molecule has 2 fully saturated rings. The number of piperidine rings is 1. The lowest BCUT2D eigenvalue weighted by Gasteiger charge is -2.30. The molecule has 1 heterocycles. The highest BCUT2D eigenvalue weighted by Crippen LogP contribution is 2.28. The highest BCUT2D eigenvalue weighted by atomic mass is 35.5. The molecule has 1 atom stereocenters. The quantitative estimate of drug-likeness (QED) is 0.654. The maximum atomic E-state index is 6.17. The van der Waals surface area contributed by atoms with E-state index < -0.39 is 0 Å². The van der Waals surface area contributed by atoms with Crippen LogP contribution in [0.3, 0.4) is 0 Å². The molecule has 2 heteroatoms. The summed E-state index contributed by atoms with van der Waals surface area (Å²) in [5.41, 5.74) is 0. The van der Waals surface area contributed by atoms with Crippen molar-refractivity contribution >= 4 is 11.6 Å². The van der Waals surface area contributed by atoms with Crippen LogP contribution in [0.5, 0.6) is 0 Å². The van der Waals surface area contributed by atoms with Crippen LogP contribution in [-0.2, 0) is 0 Å². The number of nitrogens with zero attached hydrogens (tertiary/aromatic N) is 1. The number of alkyl halides is 1. The SMILES string of the molecule is ClC1CCCN(CCC2CCCC2)C1. The van der Waals surface area contributed by atoms with Crippen LogP contribution in [0.2, 0.25) is 0 Å².